The molecule has 4 heteroatoms. The Labute approximate surface area is 135 Å². The van der Waals surface area contributed by atoms with Crippen molar-refractivity contribution in [3.8, 4) is 0 Å². The Morgan fingerprint density at radius 1 is 1.14 bits per heavy atom. The van der Waals surface area contributed by atoms with Gasteiger partial charge in [-0.15, -0.1) is 0 Å². The standard InChI is InChI=1S/C18H18ClNO2/c1-3-22-18(21)17(14-6-8-15(19)9-7-14)12-20-16-10-4-13(2)5-11-16/h4-12,20H,3H2,1-2H3/b17-12-. The summed E-state index contributed by atoms with van der Waals surface area (Å²) in [4.78, 5) is 12.1. The van der Waals surface area contributed by atoms with Gasteiger partial charge in [-0.05, 0) is 43.7 Å². The number of nitrogens with one attached hydrogen (secondary N) is 1. The highest BCUT2D eigenvalue weighted by atomic mass is 35.5. The van der Waals surface area contributed by atoms with Gasteiger partial charge in [-0.1, -0.05) is 41.4 Å². The van der Waals surface area contributed by atoms with Crippen LogP contribution in [-0.2, 0) is 9.53 Å². The largest absolute Gasteiger partial charge is 0.462 e. The number of hydrogen-bond donors (Lipinski definition) is 1. The molecule has 0 saturated heterocycles. The van der Waals surface area contributed by atoms with Crippen molar-refractivity contribution in [2.45, 2.75) is 13.8 Å². The number of carbonyl (C=O) groups excluding carboxylic acids is 1. The molecule has 114 valence electrons. The Morgan fingerprint density at radius 2 is 1.77 bits per heavy atom. The predicted molar refractivity (Wildman–Crippen MR) is 90.9 cm³/mol. The third-order valence-corrected chi connectivity index (χ3v) is 3.34. The summed E-state index contributed by atoms with van der Waals surface area (Å²) in [5, 5.41) is 3.75. The molecule has 1 N–H and O–H groups in total. The highest BCUT2D eigenvalue weighted by Gasteiger charge is 2.13. The van der Waals surface area contributed by atoms with Crippen molar-refractivity contribution in [2.24, 2.45) is 0 Å². The van der Waals surface area contributed by atoms with E-state index in [2.05, 4.69) is 5.32 Å². The lowest BCUT2D eigenvalue weighted by Gasteiger charge is -2.09. The summed E-state index contributed by atoms with van der Waals surface area (Å²) in [6.45, 7) is 4.14. The third kappa shape index (κ3) is 4.37. The fraction of sp³-hybridized carbons (Fsp3) is 0.167. The van der Waals surface area contributed by atoms with Gasteiger partial charge in [0.2, 0.25) is 0 Å². The monoisotopic (exact) mass is 315 g/mol. The molecular weight excluding hydrogens is 298 g/mol. The molecule has 2 aromatic rings. The molecule has 22 heavy (non-hydrogen) atoms. The Kier molecular flexibility index (Phi) is 5.61. The quantitative estimate of drug-likeness (QED) is 0.644. The van der Waals surface area contributed by atoms with Crippen molar-refractivity contribution < 1.29 is 9.53 Å². The van der Waals surface area contributed by atoms with Crippen LogP contribution in [0.1, 0.15) is 18.1 Å². The van der Waals surface area contributed by atoms with Crippen LogP contribution in [0, 0.1) is 6.92 Å². The number of hydrogen-bond acceptors (Lipinski definition) is 3. The lowest BCUT2D eigenvalue weighted by atomic mass is 10.1. The Morgan fingerprint density at radius 3 is 2.36 bits per heavy atom. The van der Waals surface area contributed by atoms with E-state index in [0.717, 1.165) is 11.3 Å². The summed E-state index contributed by atoms with van der Waals surface area (Å²) in [5.41, 5.74) is 3.29. The zero-order valence-corrected chi connectivity index (χ0v) is 13.4. The number of carbonyl (C=O) groups is 1. The van der Waals surface area contributed by atoms with Gasteiger partial charge >= 0.3 is 5.97 Å². The van der Waals surface area contributed by atoms with Crippen molar-refractivity contribution in [3.05, 3.63) is 70.9 Å². The Hall–Kier alpha value is -2.26. The zero-order valence-electron chi connectivity index (χ0n) is 12.6. The van der Waals surface area contributed by atoms with E-state index in [0.29, 0.717) is 17.2 Å². The predicted octanol–water partition coefficient (Wildman–Crippen LogP) is 4.66. The van der Waals surface area contributed by atoms with Crippen LogP contribution in [0.5, 0.6) is 0 Å². The number of halogens is 1. The van der Waals surface area contributed by atoms with E-state index in [9.17, 15) is 4.79 Å². The topological polar surface area (TPSA) is 38.3 Å². The molecule has 0 aliphatic rings. The minimum atomic E-state index is -0.371. The fourth-order valence-electron chi connectivity index (χ4n) is 1.90. The number of aryl methyl sites for hydroxylation is 1. The molecule has 0 radical (unpaired) electrons. The molecule has 2 aromatic carbocycles. The normalized spacial score (nSPS) is 11.1. The van der Waals surface area contributed by atoms with Crippen LogP contribution < -0.4 is 5.32 Å². The Balaban J connectivity index is 2.27. The molecule has 0 fully saturated rings. The number of benzene rings is 2. The highest BCUT2D eigenvalue weighted by molar-refractivity contribution is 6.30. The first-order chi connectivity index (χ1) is 10.6. The molecule has 2 rings (SSSR count). The van der Waals surface area contributed by atoms with Crippen LogP contribution in [0.2, 0.25) is 5.02 Å². The first-order valence-corrected chi connectivity index (χ1v) is 7.44. The van der Waals surface area contributed by atoms with Crippen LogP contribution in [0.25, 0.3) is 5.57 Å². The summed E-state index contributed by atoms with van der Waals surface area (Å²) in [5.74, 6) is -0.371. The van der Waals surface area contributed by atoms with Crippen LogP contribution in [0.15, 0.2) is 54.7 Å². The SMILES string of the molecule is CCOC(=O)/C(=C\Nc1ccc(C)cc1)c1ccc(Cl)cc1. The summed E-state index contributed by atoms with van der Waals surface area (Å²) >= 11 is 5.89. The zero-order chi connectivity index (χ0) is 15.9. The lowest BCUT2D eigenvalue weighted by molar-refractivity contribution is -0.136. The maximum Gasteiger partial charge on any atom is 0.340 e. The number of anilines is 1. The summed E-state index contributed by atoms with van der Waals surface area (Å²) in [6, 6.07) is 15.0. The second-order valence-corrected chi connectivity index (χ2v) is 5.23. The van der Waals surface area contributed by atoms with E-state index < -0.39 is 0 Å². The molecule has 0 atom stereocenters. The maximum absolute atomic E-state index is 12.1. The molecule has 0 aliphatic heterocycles. The van der Waals surface area contributed by atoms with Crippen LogP contribution in [-0.4, -0.2) is 12.6 Å². The van der Waals surface area contributed by atoms with Gasteiger partial charge in [-0.3, -0.25) is 0 Å². The van der Waals surface area contributed by atoms with Crippen LogP contribution in [0.4, 0.5) is 5.69 Å². The van der Waals surface area contributed by atoms with Gasteiger partial charge in [0.15, 0.2) is 0 Å². The number of rotatable bonds is 5. The lowest BCUT2D eigenvalue weighted by Crippen LogP contribution is -2.08. The molecule has 0 heterocycles. The minimum Gasteiger partial charge on any atom is -0.462 e. The van der Waals surface area contributed by atoms with Crippen LogP contribution >= 0.6 is 11.6 Å². The second-order valence-electron chi connectivity index (χ2n) is 4.80. The van der Waals surface area contributed by atoms with Gasteiger partial charge < -0.3 is 10.1 Å². The van der Waals surface area contributed by atoms with E-state index in [1.807, 2.05) is 31.2 Å². The first kappa shape index (κ1) is 16.1. The number of esters is 1. The second kappa shape index (κ2) is 7.66. The molecular formula is C18H18ClNO2. The van der Waals surface area contributed by atoms with Gasteiger partial charge in [-0.2, -0.15) is 0 Å². The molecule has 3 nitrogen and oxygen atoms in total. The minimum absolute atomic E-state index is 0.328. The van der Waals surface area contributed by atoms with E-state index >= 15 is 0 Å². The molecule has 0 unspecified atom stereocenters. The van der Waals surface area contributed by atoms with Crippen molar-refractivity contribution in [1.82, 2.24) is 0 Å². The molecule has 0 aromatic heterocycles. The van der Waals surface area contributed by atoms with Gasteiger partial charge in [0.25, 0.3) is 0 Å². The van der Waals surface area contributed by atoms with Crippen LogP contribution in [0.3, 0.4) is 0 Å². The third-order valence-electron chi connectivity index (χ3n) is 3.09. The fourth-order valence-corrected chi connectivity index (χ4v) is 2.03. The van der Waals surface area contributed by atoms with Gasteiger partial charge in [0, 0.05) is 16.9 Å². The molecule has 0 saturated carbocycles. The van der Waals surface area contributed by atoms with Gasteiger partial charge in [0.1, 0.15) is 0 Å². The molecule has 0 spiro atoms. The van der Waals surface area contributed by atoms with Crippen molar-refractivity contribution in [1.29, 1.82) is 0 Å². The summed E-state index contributed by atoms with van der Waals surface area (Å²) in [6.07, 6.45) is 1.66. The van der Waals surface area contributed by atoms with E-state index in [4.69, 9.17) is 16.3 Å². The Bertz CT molecular complexity index is 660. The average Bonchev–Trinajstić information content (AvgIpc) is 2.51. The number of ether oxygens (including phenoxy) is 1. The average molecular weight is 316 g/mol. The van der Waals surface area contributed by atoms with E-state index in [-0.39, 0.29) is 5.97 Å². The van der Waals surface area contributed by atoms with Crippen molar-refractivity contribution in [2.75, 3.05) is 11.9 Å². The molecule has 0 aliphatic carbocycles. The molecule has 0 bridgehead atoms. The first-order valence-electron chi connectivity index (χ1n) is 7.06. The van der Waals surface area contributed by atoms with Crippen molar-refractivity contribution >= 4 is 28.8 Å². The maximum atomic E-state index is 12.1. The van der Waals surface area contributed by atoms with Crippen molar-refractivity contribution in [3.63, 3.8) is 0 Å². The smallest absolute Gasteiger partial charge is 0.340 e. The molecule has 0 amide bonds. The van der Waals surface area contributed by atoms with Gasteiger partial charge in [0.05, 0.1) is 12.2 Å². The van der Waals surface area contributed by atoms with E-state index in [1.54, 1.807) is 37.4 Å². The van der Waals surface area contributed by atoms with Gasteiger partial charge in [-0.25, -0.2) is 4.79 Å². The summed E-state index contributed by atoms with van der Waals surface area (Å²) < 4.78 is 5.12. The van der Waals surface area contributed by atoms with E-state index in [1.165, 1.54) is 5.56 Å². The highest BCUT2D eigenvalue weighted by Crippen LogP contribution is 2.20. The summed E-state index contributed by atoms with van der Waals surface area (Å²) in [7, 11) is 0.